The van der Waals surface area contributed by atoms with Crippen molar-refractivity contribution in [1.29, 1.82) is 0 Å². The van der Waals surface area contributed by atoms with Crippen molar-refractivity contribution >= 4 is 5.65 Å². The van der Waals surface area contributed by atoms with Crippen LogP contribution in [0.5, 0.6) is 0 Å². The van der Waals surface area contributed by atoms with Crippen molar-refractivity contribution in [2.45, 2.75) is 46.7 Å². The van der Waals surface area contributed by atoms with Crippen molar-refractivity contribution in [3.8, 4) is 0 Å². The first-order valence-electron chi connectivity index (χ1n) is 8.23. The number of hydrogen-bond donors (Lipinski definition) is 1. The Bertz CT molecular complexity index is 786. The largest absolute Gasteiger partial charge is 0.312 e. The van der Waals surface area contributed by atoms with E-state index >= 15 is 0 Å². The minimum absolute atomic E-state index is 0.845. The molecule has 0 atom stereocenters. The summed E-state index contributed by atoms with van der Waals surface area (Å²) < 4.78 is 4.15. The standard InChI is InChI=1S/C17H24N6/c1-4-10-23-14(3)15(13(2)21-23)12-18-9-8-17-20-19-16-7-5-6-11-22(16)17/h5-7,11,18H,4,8-10,12H2,1-3H3. The van der Waals surface area contributed by atoms with E-state index in [0.29, 0.717) is 0 Å². The number of pyridine rings is 1. The Morgan fingerprint density at radius 2 is 2.04 bits per heavy atom. The Morgan fingerprint density at radius 3 is 2.87 bits per heavy atom. The number of nitrogens with zero attached hydrogens (tertiary/aromatic N) is 5. The normalized spacial score (nSPS) is 11.4. The van der Waals surface area contributed by atoms with Crippen LogP contribution in [0.15, 0.2) is 24.4 Å². The highest BCUT2D eigenvalue weighted by Gasteiger charge is 2.10. The molecule has 0 aliphatic carbocycles. The van der Waals surface area contributed by atoms with E-state index in [1.54, 1.807) is 0 Å². The van der Waals surface area contributed by atoms with Crippen LogP contribution >= 0.6 is 0 Å². The van der Waals surface area contributed by atoms with Gasteiger partial charge >= 0.3 is 0 Å². The fourth-order valence-corrected chi connectivity index (χ4v) is 2.89. The van der Waals surface area contributed by atoms with Gasteiger partial charge in [-0.25, -0.2) is 0 Å². The van der Waals surface area contributed by atoms with E-state index in [9.17, 15) is 0 Å². The van der Waals surface area contributed by atoms with Crippen LogP contribution in [0.25, 0.3) is 5.65 Å². The van der Waals surface area contributed by atoms with Crippen LogP contribution in [-0.2, 0) is 19.5 Å². The van der Waals surface area contributed by atoms with Crippen molar-refractivity contribution in [2.75, 3.05) is 6.54 Å². The lowest BCUT2D eigenvalue weighted by Gasteiger charge is -2.06. The maximum absolute atomic E-state index is 4.62. The third-order valence-corrected chi connectivity index (χ3v) is 4.18. The van der Waals surface area contributed by atoms with Gasteiger partial charge in [-0.05, 0) is 32.4 Å². The van der Waals surface area contributed by atoms with E-state index in [1.807, 2.05) is 28.8 Å². The molecule has 3 rings (SSSR count). The summed E-state index contributed by atoms with van der Waals surface area (Å²) in [4.78, 5) is 0. The molecule has 1 N–H and O–H groups in total. The molecule has 0 radical (unpaired) electrons. The number of hydrogen-bond acceptors (Lipinski definition) is 4. The molecule has 23 heavy (non-hydrogen) atoms. The molecule has 3 heterocycles. The smallest absolute Gasteiger partial charge is 0.160 e. The Morgan fingerprint density at radius 1 is 1.17 bits per heavy atom. The van der Waals surface area contributed by atoms with Crippen LogP contribution in [0, 0.1) is 13.8 Å². The molecule has 0 saturated carbocycles. The summed E-state index contributed by atoms with van der Waals surface area (Å²) in [5, 5.41) is 16.6. The zero-order valence-electron chi connectivity index (χ0n) is 14.1. The molecule has 6 nitrogen and oxygen atoms in total. The number of rotatable bonds is 7. The first-order chi connectivity index (χ1) is 11.2. The lowest BCUT2D eigenvalue weighted by Crippen LogP contribution is -2.18. The molecule has 122 valence electrons. The lowest BCUT2D eigenvalue weighted by atomic mass is 10.2. The molecule has 3 aromatic heterocycles. The first-order valence-corrected chi connectivity index (χ1v) is 8.23. The SMILES string of the molecule is CCCn1nc(C)c(CNCCc2nnc3ccccn23)c1C. The molecule has 0 aliphatic heterocycles. The zero-order chi connectivity index (χ0) is 16.2. The average Bonchev–Trinajstić information content (AvgIpc) is 3.07. The summed E-state index contributed by atoms with van der Waals surface area (Å²) in [6, 6.07) is 5.95. The summed E-state index contributed by atoms with van der Waals surface area (Å²) in [6.07, 6.45) is 3.97. The van der Waals surface area contributed by atoms with Crippen molar-refractivity contribution in [3.63, 3.8) is 0 Å². The summed E-state index contributed by atoms with van der Waals surface area (Å²) in [5.74, 6) is 0.989. The van der Waals surface area contributed by atoms with E-state index in [1.165, 1.54) is 11.3 Å². The van der Waals surface area contributed by atoms with Crippen molar-refractivity contribution in [1.82, 2.24) is 29.7 Å². The van der Waals surface area contributed by atoms with Gasteiger partial charge in [0, 0.05) is 43.5 Å². The Balaban J connectivity index is 1.58. The van der Waals surface area contributed by atoms with Gasteiger partial charge in [-0.15, -0.1) is 10.2 Å². The van der Waals surface area contributed by atoms with Gasteiger partial charge in [0.1, 0.15) is 5.82 Å². The van der Waals surface area contributed by atoms with Gasteiger partial charge in [0.25, 0.3) is 0 Å². The lowest BCUT2D eigenvalue weighted by molar-refractivity contribution is 0.581. The summed E-state index contributed by atoms with van der Waals surface area (Å²) in [7, 11) is 0. The van der Waals surface area contributed by atoms with Gasteiger partial charge in [0.05, 0.1) is 5.69 Å². The fourth-order valence-electron chi connectivity index (χ4n) is 2.89. The second-order valence-electron chi connectivity index (χ2n) is 5.84. The van der Waals surface area contributed by atoms with Gasteiger partial charge in [-0.1, -0.05) is 13.0 Å². The summed E-state index contributed by atoms with van der Waals surface area (Å²) in [6.45, 7) is 9.11. The average molecular weight is 312 g/mol. The Hall–Kier alpha value is -2.21. The number of aromatic nitrogens is 5. The maximum atomic E-state index is 4.62. The van der Waals surface area contributed by atoms with Crippen LogP contribution in [0.3, 0.4) is 0 Å². The molecule has 0 saturated heterocycles. The van der Waals surface area contributed by atoms with Crippen LogP contribution in [-0.4, -0.2) is 30.9 Å². The molecular formula is C17H24N6. The molecule has 0 fully saturated rings. The van der Waals surface area contributed by atoms with Crippen molar-refractivity contribution in [3.05, 3.63) is 47.2 Å². The Labute approximate surface area is 136 Å². The van der Waals surface area contributed by atoms with Gasteiger partial charge in [-0.3, -0.25) is 9.08 Å². The maximum Gasteiger partial charge on any atom is 0.160 e. The van der Waals surface area contributed by atoms with Gasteiger partial charge in [0.15, 0.2) is 5.65 Å². The van der Waals surface area contributed by atoms with E-state index in [0.717, 1.165) is 49.6 Å². The van der Waals surface area contributed by atoms with E-state index in [4.69, 9.17) is 0 Å². The van der Waals surface area contributed by atoms with Crippen molar-refractivity contribution in [2.24, 2.45) is 0 Å². The topological polar surface area (TPSA) is 60.0 Å². The molecule has 0 amide bonds. The highest BCUT2D eigenvalue weighted by atomic mass is 15.3. The first kappa shape index (κ1) is 15.7. The van der Waals surface area contributed by atoms with Crippen LogP contribution in [0.4, 0.5) is 0 Å². The molecule has 0 spiro atoms. The molecular weight excluding hydrogens is 288 g/mol. The van der Waals surface area contributed by atoms with Gasteiger partial charge < -0.3 is 5.32 Å². The summed E-state index contributed by atoms with van der Waals surface area (Å²) in [5.41, 5.74) is 4.60. The van der Waals surface area contributed by atoms with E-state index in [-0.39, 0.29) is 0 Å². The second-order valence-corrected chi connectivity index (χ2v) is 5.84. The second kappa shape index (κ2) is 6.91. The number of aryl methyl sites for hydroxylation is 2. The molecule has 0 unspecified atom stereocenters. The highest BCUT2D eigenvalue weighted by molar-refractivity contribution is 5.37. The molecule has 0 bridgehead atoms. The van der Waals surface area contributed by atoms with Crippen LogP contribution < -0.4 is 5.32 Å². The predicted molar refractivity (Wildman–Crippen MR) is 90.4 cm³/mol. The third kappa shape index (κ3) is 3.27. The van der Waals surface area contributed by atoms with Crippen LogP contribution in [0.1, 0.15) is 36.1 Å². The number of nitrogens with one attached hydrogen (secondary N) is 1. The predicted octanol–water partition coefficient (Wildman–Crippen LogP) is 2.28. The van der Waals surface area contributed by atoms with E-state index < -0.39 is 0 Å². The van der Waals surface area contributed by atoms with E-state index in [2.05, 4.69) is 46.1 Å². The minimum atomic E-state index is 0.845. The van der Waals surface area contributed by atoms with Crippen molar-refractivity contribution < 1.29 is 0 Å². The Kier molecular flexibility index (Phi) is 4.71. The zero-order valence-corrected chi connectivity index (χ0v) is 14.1. The molecule has 0 aromatic carbocycles. The highest BCUT2D eigenvalue weighted by Crippen LogP contribution is 2.13. The number of fused-ring (bicyclic) bond motifs is 1. The third-order valence-electron chi connectivity index (χ3n) is 4.18. The van der Waals surface area contributed by atoms with Gasteiger partial charge in [-0.2, -0.15) is 5.10 Å². The summed E-state index contributed by atoms with van der Waals surface area (Å²) >= 11 is 0. The minimum Gasteiger partial charge on any atom is -0.312 e. The van der Waals surface area contributed by atoms with Crippen LogP contribution in [0.2, 0.25) is 0 Å². The molecule has 6 heteroatoms. The molecule has 0 aliphatic rings. The molecule has 3 aromatic rings. The monoisotopic (exact) mass is 312 g/mol. The van der Waals surface area contributed by atoms with Gasteiger partial charge in [0.2, 0.25) is 0 Å². The quantitative estimate of drug-likeness (QED) is 0.680. The fraction of sp³-hybridized carbons (Fsp3) is 0.471.